The number of allylic oxidation sites excluding steroid dienone is 3. The largest absolute Gasteiger partial charge is 2.00 e. The van der Waals surface area contributed by atoms with Crippen LogP contribution in [0.4, 0.5) is 0 Å². The first-order valence-corrected chi connectivity index (χ1v) is 7.15. The molecule has 5 nitrogen and oxygen atoms in total. The Morgan fingerprint density at radius 1 is 1.42 bits per heavy atom. The van der Waals surface area contributed by atoms with Crippen LogP contribution in [0.5, 0.6) is 0 Å². The first-order valence-electron chi connectivity index (χ1n) is 5.67. The Morgan fingerprint density at radius 2 is 2.00 bits per heavy atom. The van der Waals surface area contributed by atoms with Crippen molar-refractivity contribution in [2.75, 3.05) is 0 Å². The van der Waals surface area contributed by atoms with Crippen molar-refractivity contribution in [1.29, 1.82) is 0 Å². The number of carboxylic acids is 1. The van der Waals surface area contributed by atoms with Gasteiger partial charge in [0.25, 0.3) is 0 Å². The normalized spacial score (nSPS) is 15.3. The molecule has 0 radical (unpaired) electrons. The molecule has 0 saturated heterocycles. The third-order valence-corrected chi connectivity index (χ3v) is 3.44. The maximum atomic E-state index is 11.5. The van der Waals surface area contributed by atoms with E-state index in [1.165, 1.54) is 12.2 Å². The molecule has 108 valence electrons. The van der Waals surface area contributed by atoms with E-state index in [1.54, 1.807) is 6.92 Å². The predicted molar refractivity (Wildman–Crippen MR) is 68.9 cm³/mol. The van der Waals surface area contributed by atoms with Gasteiger partial charge in [-0.25, -0.2) is 18.5 Å². The van der Waals surface area contributed by atoms with Crippen molar-refractivity contribution in [3.05, 3.63) is 23.6 Å². The minimum atomic E-state index is -3.86. The van der Waals surface area contributed by atoms with Crippen LogP contribution in [0.3, 0.4) is 0 Å². The molecule has 0 rings (SSSR count). The third kappa shape index (κ3) is 10.0. The number of hydrogen-bond acceptors (Lipinski definition) is 3. The van der Waals surface area contributed by atoms with E-state index in [0.29, 0.717) is 0 Å². The van der Waals surface area contributed by atoms with Crippen LogP contribution in [-0.4, -0.2) is 25.5 Å². The van der Waals surface area contributed by atoms with E-state index in [4.69, 9.17) is 5.11 Å². The van der Waals surface area contributed by atoms with E-state index in [9.17, 15) is 13.2 Å². The first kappa shape index (κ1) is 20.9. The van der Waals surface area contributed by atoms with Crippen LogP contribution in [0.25, 0.3) is 0 Å². The fourth-order valence-corrected chi connectivity index (χ4v) is 2.08. The van der Waals surface area contributed by atoms with E-state index >= 15 is 0 Å². The molecule has 0 heterocycles. The number of sulfonamides is 1. The summed E-state index contributed by atoms with van der Waals surface area (Å²) in [4.78, 5) is 11.0. The summed E-state index contributed by atoms with van der Waals surface area (Å²) in [5, 5.41) is 11.1. The SMILES string of the molecule is C[C-]=CC=[C-]S(=O)(=O)NC(CC(C)CC)C(=O)O.[W+2]. The molecule has 0 fully saturated rings. The molecule has 0 spiro atoms. The van der Waals surface area contributed by atoms with Gasteiger partial charge in [-0.1, -0.05) is 20.3 Å². The van der Waals surface area contributed by atoms with Gasteiger partial charge in [0.05, 0.1) is 0 Å². The molecule has 0 aromatic carbocycles. The smallest absolute Gasteiger partial charge is 0.480 e. The Balaban J connectivity index is 0. The summed E-state index contributed by atoms with van der Waals surface area (Å²) in [5.74, 6) is -1.06. The maximum Gasteiger partial charge on any atom is 2.00 e. The summed E-state index contributed by atoms with van der Waals surface area (Å²) in [7, 11) is -3.86. The van der Waals surface area contributed by atoms with E-state index in [2.05, 4.69) is 16.2 Å². The van der Waals surface area contributed by atoms with Crippen LogP contribution < -0.4 is 4.72 Å². The van der Waals surface area contributed by atoms with E-state index in [-0.39, 0.29) is 33.4 Å². The van der Waals surface area contributed by atoms with Crippen molar-refractivity contribution >= 4 is 16.0 Å². The fraction of sp³-hybridized carbons (Fsp3) is 0.583. The predicted octanol–water partition coefficient (Wildman–Crippen LogP) is 1.49. The van der Waals surface area contributed by atoms with Gasteiger partial charge in [-0.3, -0.25) is 4.79 Å². The Kier molecular flexibility index (Phi) is 11.4. The van der Waals surface area contributed by atoms with Crippen molar-refractivity contribution < 1.29 is 39.4 Å². The van der Waals surface area contributed by atoms with Crippen molar-refractivity contribution in [3.8, 4) is 0 Å². The van der Waals surface area contributed by atoms with Gasteiger partial charge in [-0.15, -0.1) is 6.92 Å². The molecule has 2 unspecified atom stereocenters. The number of nitrogens with one attached hydrogen (secondary N) is 1. The maximum absolute atomic E-state index is 11.5. The van der Waals surface area contributed by atoms with Crippen LogP contribution >= 0.6 is 0 Å². The monoisotopic (exact) mass is 457 g/mol. The van der Waals surface area contributed by atoms with Gasteiger partial charge in [0.1, 0.15) is 16.1 Å². The van der Waals surface area contributed by atoms with Gasteiger partial charge in [-0.05, 0) is 12.3 Å². The van der Waals surface area contributed by atoms with Crippen molar-refractivity contribution in [3.63, 3.8) is 0 Å². The molecule has 2 atom stereocenters. The Bertz CT molecular complexity index is 417. The molecule has 0 aromatic heterocycles. The summed E-state index contributed by atoms with van der Waals surface area (Å²) >= 11 is 0. The molecule has 7 heteroatoms. The number of aliphatic carboxylic acids is 1. The zero-order chi connectivity index (χ0) is 14.2. The summed E-state index contributed by atoms with van der Waals surface area (Å²) < 4.78 is 25.2. The summed E-state index contributed by atoms with van der Waals surface area (Å²) in [5.41, 5.74) is 0. The van der Waals surface area contributed by atoms with Gasteiger partial charge in [0.2, 0.25) is 0 Å². The molecule has 0 saturated carbocycles. The number of carbonyl (C=O) groups is 1. The summed E-state index contributed by atoms with van der Waals surface area (Å²) in [6, 6.07) is -1.12. The van der Waals surface area contributed by atoms with Gasteiger partial charge in [-0.2, -0.15) is 0 Å². The van der Waals surface area contributed by atoms with Gasteiger partial charge in [0, 0.05) is 0 Å². The summed E-state index contributed by atoms with van der Waals surface area (Å²) in [6.45, 7) is 5.41. The number of hydrogen-bond donors (Lipinski definition) is 2. The van der Waals surface area contributed by atoms with E-state index in [0.717, 1.165) is 6.42 Å². The average molecular weight is 457 g/mol. The fourth-order valence-electron chi connectivity index (χ4n) is 1.20. The molecule has 0 aromatic rings. The van der Waals surface area contributed by atoms with Crippen LogP contribution in [0.2, 0.25) is 0 Å². The molecule has 0 aliphatic rings. The van der Waals surface area contributed by atoms with Crippen LogP contribution in [-0.2, 0) is 35.9 Å². The van der Waals surface area contributed by atoms with E-state index < -0.39 is 22.0 Å². The second kappa shape index (κ2) is 10.3. The molecular weight excluding hydrogens is 438 g/mol. The number of rotatable bonds is 8. The molecule has 0 bridgehead atoms. The minimum Gasteiger partial charge on any atom is -0.480 e. The molecule has 0 aliphatic heterocycles. The molecular formula is C12H19NO4SW. The zero-order valence-corrected chi connectivity index (χ0v) is 15.0. The summed E-state index contributed by atoms with van der Waals surface area (Å²) in [6.07, 6.45) is 6.20. The minimum absolute atomic E-state index is 0. The van der Waals surface area contributed by atoms with Crippen molar-refractivity contribution in [1.82, 2.24) is 4.72 Å². The van der Waals surface area contributed by atoms with Gasteiger partial charge >= 0.3 is 27.0 Å². The van der Waals surface area contributed by atoms with Crippen molar-refractivity contribution in [2.45, 2.75) is 39.7 Å². The Hall–Kier alpha value is -0.452. The van der Waals surface area contributed by atoms with Crippen LogP contribution in [0.1, 0.15) is 33.6 Å². The standard InChI is InChI=1S/C12H19NO4S.W/c1-4-6-7-8-18(16,17)13-11(12(14)15)9-10(3)5-2;/h6-7,10-11,13H,5,9H2,1-3H3,(H,14,15);/q-2;+2. The Labute approximate surface area is 129 Å². The van der Waals surface area contributed by atoms with Gasteiger partial charge in [0.15, 0.2) is 0 Å². The van der Waals surface area contributed by atoms with Crippen molar-refractivity contribution in [2.24, 2.45) is 5.92 Å². The second-order valence-electron chi connectivity index (χ2n) is 4.00. The molecule has 0 amide bonds. The first-order chi connectivity index (χ1) is 8.32. The molecule has 0 aliphatic carbocycles. The molecule has 19 heavy (non-hydrogen) atoms. The zero-order valence-electron chi connectivity index (χ0n) is 11.2. The average Bonchev–Trinajstić information content (AvgIpc) is 2.27. The topological polar surface area (TPSA) is 83.5 Å². The second-order valence-corrected chi connectivity index (χ2v) is 5.48. The molecule has 2 N–H and O–H groups in total. The van der Waals surface area contributed by atoms with E-state index in [1.807, 2.05) is 13.8 Å². The van der Waals surface area contributed by atoms with Crippen LogP contribution in [0.15, 0.2) is 12.2 Å². The van der Waals surface area contributed by atoms with Crippen LogP contribution in [0, 0.1) is 17.4 Å². The number of carboxylic acid groups (broad SMARTS) is 1. The third-order valence-electron chi connectivity index (χ3n) is 2.40. The quantitative estimate of drug-likeness (QED) is 0.428. The Morgan fingerprint density at radius 3 is 2.42 bits per heavy atom. The van der Waals surface area contributed by atoms with Gasteiger partial charge < -0.3 is 23.3 Å².